The van der Waals surface area contributed by atoms with Gasteiger partial charge in [-0.2, -0.15) is 0 Å². The van der Waals surface area contributed by atoms with Gasteiger partial charge in [0.1, 0.15) is 0 Å². The summed E-state index contributed by atoms with van der Waals surface area (Å²) in [5.41, 5.74) is 2.72. The van der Waals surface area contributed by atoms with Crippen molar-refractivity contribution in [3.8, 4) is 0 Å². The maximum atomic E-state index is 3.57. The predicted molar refractivity (Wildman–Crippen MR) is 79.9 cm³/mol. The second kappa shape index (κ2) is 6.66. The van der Waals surface area contributed by atoms with E-state index in [0.717, 1.165) is 37.2 Å². The first-order valence-corrected chi connectivity index (χ1v) is 7.33. The van der Waals surface area contributed by atoms with Crippen molar-refractivity contribution in [1.82, 2.24) is 15.5 Å². The van der Waals surface area contributed by atoms with E-state index >= 15 is 0 Å². The Kier molecular flexibility index (Phi) is 5.18. The largest absolute Gasteiger partial charge is 0.314 e. The Hall–Kier alpha value is -0.420. The Morgan fingerprint density at radius 1 is 1.50 bits per heavy atom. The van der Waals surface area contributed by atoms with E-state index in [2.05, 4.69) is 63.6 Å². The van der Waals surface area contributed by atoms with Crippen LogP contribution in [-0.4, -0.2) is 44.2 Å². The Bertz CT molecular complexity index is 395. The van der Waals surface area contributed by atoms with E-state index in [0.29, 0.717) is 6.04 Å². The first-order chi connectivity index (χ1) is 8.66. The van der Waals surface area contributed by atoms with Gasteiger partial charge < -0.3 is 10.6 Å². The summed E-state index contributed by atoms with van der Waals surface area (Å²) >= 11 is 3.53. The molecule has 0 aliphatic carbocycles. The summed E-state index contributed by atoms with van der Waals surface area (Å²) in [5.74, 6) is 0. The summed E-state index contributed by atoms with van der Waals surface area (Å²) in [4.78, 5) is 2.43. The molecular formula is C14H22BrN3. The Labute approximate surface area is 118 Å². The summed E-state index contributed by atoms with van der Waals surface area (Å²) in [6.07, 6.45) is 0. The van der Waals surface area contributed by atoms with Crippen molar-refractivity contribution in [2.45, 2.75) is 19.5 Å². The summed E-state index contributed by atoms with van der Waals surface area (Å²) < 4.78 is 1.15. The highest BCUT2D eigenvalue weighted by atomic mass is 79.9. The van der Waals surface area contributed by atoms with Gasteiger partial charge in [0.05, 0.1) is 0 Å². The van der Waals surface area contributed by atoms with Gasteiger partial charge in [-0.15, -0.1) is 0 Å². The number of piperazine rings is 1. The van der Waals surface area contributed by atoms with Crippen molar-refractivity contribution in [2.24, 2.45) is 0 Å². The fourth-order valence-electron chi connectivity index (χ4n) is 2.29. The van der Waals surface area contributed by atoms with Crippen LogP contribution >= 0.6 is 15.9 Å². The molecule has 18 heavy (non-hydrogen) atoms. The van der Waals surface area contributed by atoms with Crippen molar-refractivity contribution in [1.29, 1.82) is 0 Å². The van der Waals surface area contributed by atoms with Crippen molar-refractivity contribution < 1.29 is 0 Å². The molecule has 0 aromatic heterocycles. The topological polar surface area (TPSA) is 27.3 Å². The molecule has 0 bridgehead atoms. The van der Waals surface area contributed by atoms with Crippen LogP contribution in [0.25, 0.3) is 0 Å². The highest BCUT2D eigenvalue weighted by Crippen LogP contribution is 2.15. The van der Waals surface area contributed by atoms with Gasteiger partial charge in [0.2, 0.25) is 0 Å². The molecule has 3 nitrogen and oxygen atoms in total. The van der Waals surface area contributed by atoms with Crippen molar-refractivity contribution in [2.75, 3.05) is 33.2 Å². The number of aryl methyl sites for hydroxylation is 1. The Morgan fingerprint density at radius 2 is 2.33 bits per heavy atom. The van der Waals surface area contributed by atoms with E-state index in [1.165, 1.54) is 11.1 Å². The molecule has 1 atom stereocenters. The van der Waals surface area contributed by atoms with Crippen LogP contribution in [0.1, 0.15) is 11.1 Å². The molecular weight excluding hydrogens is 290 g/mol. The lowest BCUT2D eigenvalue weighted by molar-refractivity contribution is 0.195. The van der Waals surface area contributed by atoms with Crippen LogP contribution < -0.4 is 10.6 Å². The van der Waals surface area contributed by atoms with Crippen molar-refractivity contribution in [3.63, 3.8) is 0 Å². The van der Waals surface area contributed by atoms with Gasteiger partial charge in [0.15, 0.2) is 0 Å². The molecule has 4 heteroatoms. The lowest BCUT2D eigenvalue weighted by Gasteiger charge is -2.33. The number of halogens is 1. The highest BCUT2D eigenvalue weighted by Gasteiger charge is 2.17. The van der Waals surface area contributed by atoms with Gasteiger partial charge in [-0.1, -0.05) is 22.0 Å². The summed E-state index contributed by atoms with van der Waals surface area (Å²) in [5, 5.41) is 7.01. The standard InChI is InChI=1S/C14H22BrN3/c1-11-3-4-13(15)7-12(11)8-17-10-14-9-16-5-6-18(14)2/h3-4,7,14,16-17H,5-6,8-10H2,1-2H3. The second-order valence-electron chi connectivity index (χ2n) is 5.04. The number of hydrogen-bond donors (Lipinski definition) is 2. The second-order valence-corrected chi connectivity index (χ2v) is 5.96. The maximum Gasteiger partial charge on any atom is 0.0342 e. The molecule has 1 aliphatic heterocycles. The van der Waals surface area contributed by atoms with E-state index in [4.69, 9.17) is 0 Å². The van der Waals surface area contributed by atoms with E-state index < -0.39 is 0 Å². The number of hydrogen-bond acceptors (Lipinski definition) is 3. The zero-order valence-electron chi connectivity index (χ0n) is 11.2. The SMILES string of the molecule is Cc1ccc(Br)cc1CNCC1CNCCN1C. The molecule has 0 saturated carbocycles. The molecule has 1 aromatic carbocycles. The summed E-state index contributed by atoms with van der Waals surface area (Å²) in [7, 11) is 2.21. The van der Waals surface area contributed by atoms with Crippen molar-refractivity contribution >= 4 is 15.9 Å². The van der Waals surface area contributed by atoms with Gasteiger partial charge in [-0.25, -0.2) is 0 Å². The predicted octanol–water partition coefficient (Wildman–Crippen LogP) is 1.75. The first kappa shape index (κ1) is 14.0. The molecule has 1 saturated heterocycles. The third kappa shape index (κ3) is 3.79. The number of rotatable bonds is 4. The molecule has 100 valence electrons. The number of nitrogens with zero attached hydrogens (tertiary/aromatic N) is 1. The molecule has 0 radical (unpaired) electrons. The normalized spacial score (nSPS) is 21.2. The molecule has 0 amide bonds. The lowest BCUT2D eigenvalue weighted by Crippen LogP contribution is -2.53. The molecule has 1 fully saturated rings. The number of likely N-dealkylation sites (N-methyl/N-ethyl adjacent to an activating group) is 1. The highest BCUT2D eigenvalue weighted by molar-refractivity contribution is 9.10. The van der Waals surface area contributed by atoms with Gasteiger partial charge in [-0.3, -0.25) is 4.90 Å². The molecule has 1 aliphatic rings. The minimum atomic E-state index is 0.603. The quantitative estimate of drug-likeness (QED) is 0.887. The average molecular weight is 312 g/mol. The summed E-state index contributed by atoms with van der Waals surface area (Å²) in [6, 6.07) is 7.06. The molecule has 1 unspecified atom stereocenters. The zero-order valence-corrected chi connectivity index (χ0v) is 12.8. The van der Waals surface area contributed by atoms with Crippen LogP contribution in [0.15, 0.2) is 22.7 Å². The fraction of sp³-hybridized carbons (Fsp3) is 0.571. The number of benzene rings is 1. The third-order valence-electron chi connectivity index (χ3n) is 3.65. The Balaban J connectivity index is 1.82. The van der Waals surface area contributed by atoms with Crippen LogP contribution in [0.2, 0.25) is 0 Å². The van der Waals surface area contributed by atoms with E-state index in [9.17, 15) is 0 Å². The fourth-order valence-corrected chi connectivity index (χ4v) is 2.70. The molecule has 0 spiro atoms. The van der Waals surface area contributed by atoms with Crippen LogP contribution in [0, 0.1) is 6.92 Å². The van der Waals surface area contributed by atoms with Crippen LogP contribution in [0.4, 0.5) is 0 Å². The van der Waals surface area contributed by atoms with E-state index in [1.807, 2.05) is 0 Å². The van der Waals surface area contributed by atoms with E-state index in [-0.39, 0.29) is 0 Å². The van der Waals surface area contributed by atoms with Gasteiger partial charge in [0.25, 0.3) is 0 Å². The van der Waals surface area contributed by atoms with E-state index in [1.54, 1.807) is 0 Å². The molecule has 2 rings (SSSR count). The number of nitrogens with one attached hydrogen (secondary N) is 2. The van der Waals surface area contributed by atoms with Gasteiger partial charge in [-0.05, 0) is 37.2 Å². The monoisotopic (exact) mass is 311 g/mol. The Morgan fingerprint density at radius 3 is 3.11 bits per heavy atom. The van der Waals surface area contributed by atoms with Crippen LogP contribution in [0.5, 0.6) is 0 Å². The lowest BCUT2D eigenvalue weighted by atomic mass is 10.1. The first-order valence-electron chi connectivity index (χ1n) is 6.53. The average Bonchev–Trinajstić information content (AvgIpc) is 2.36. The minimum absolute atomic E-state index is 0.603. The molecule has 1 heterocycles. The van der Waals surface area contributed by atoms with Gasteiger partial charge >= 0.3 is 0 Å². The van der Waals surface area contributed by atoms with Crippen LogP contribution in [-0.2, 0) is 6.54 Å². The summed E-state index contributed by atoms with van der Waals surface area (Å²) in [6.45, 7) is 7.48. The van der Waals surface area contributed by atoms with Gasteiger partial charge in [0, 0.05) is 43.2 Å². The smallest absolute Gasteiger partial charge is 0.0342 e. The van der Waals surface area contributed by atoms with Crippen LogP contribution in [0.3, 0.4) is 0 Å². The molecule has 2 N–H and O–H groups in total. The zero-order chi connectivity index (χ0) is 13.0. The molecule has 1 aromatic rings. The third-order valence-corrected chi connectivity index (χ3v) is 4.14. The van der Waals surface area contributed by atoms with Crippen molar-refractivity contribution in [3.05, 3.63) is 33.8 Å². The maximum absolute atomic E-state index is 3.57. The minimum Gasteiger partial charge on any atom is -0.314 e.